The van der Waals surface area contributed by atoms with Gasteiger partial charge in [0.2, 0.25) is 5.91 Å². The lowest BCUT2D eigenvalue weighted by Gasteiger charge is -2.39. The van der Waals surface area contributed by atoms with Crippen LogP contribution in [0.4, 0.5) is 5.69 Å². The van der Waals surface area contributed by atoms with E-state index in [-0.39, 0.29) is 31.6 Å². The number of esters is 1. The van der Waals surface area contributed by atoms with Crippen molar-refractivity contribution in [2.75, 3.05) is 24.7 Å². The largest absolute Gasteiger partial charge is 0.465 e. The number of rotatable bonds is 13. The molecule has 3 fully saturated rings. The second kappa shape index (κ2) is 12.9. The first-order valence-electron chi connectivity index (χ1n) is 14.8. The van der Waals surface area contributed by atoms with Gasteiger partial charge in [-0.1, -0.05) is 54.1 Å². The highest BCUT2D eigenvalue weighted by molar-refractivity contribution is 8.02. The molecule has 2 aromatic carbocycles. The Labute approximate surface area is 262 Å². The van der Waals surface area contributed by atoms with Crippen LogP contribution >= 0.6 is 23.4 Å². The van der Waals surface area contributed by atoms with Crippen LogP contribution < -0.4 is 4.90 Å². The third kappa shape index (κ3) is 5.65. The number of carbonyl (C=O) groups is 3. The summed E-state index contributed by atoms with van der Waals surface area (Å²) >= 11 is 7.75. The number of unbranched alkanes of at least 4 members (excludes halogenated alkanes) is 1. The minimum Gasteiger partial charge on any atom is -0.465 e. The molecule has 0 aromatic heterocycles. The molecule has 2 amide bonds. The van der Waals surface area contributed by atoms with Gasteiger partial charge in [0.15, 0.2) is 0 Å². The van der Waals surface area contributed by atoms with Crippen molar-refractivity contribution in [3.8, 4) is 0 Å². The summed E-state index contributed by atoms with van der Waals surface area (Å²) < 4.78 is 4.35. The zero-order valence-electron chi connectivity index (χ0n) is 24.5. The average molecular weight is 623 g/mol. The van der Waals surface area contributed by atoms with Crippen molar-refractivity contribution in [1.82, 2.24) is 4.90 Å². The lowest BCUT2D eigenvalue weighted by atomic mass is 9.66. The monoisotopic (exact) mass is 622 g/mol. The number of amides is 2. The summed E-state index contributed by atoms with van der Waals surface area (Å²) in [5, 5.41) is 11.3. The van der Waals surface area contributed by atoms with Gasteiger partial charge >= 0.3 is 5.97 Å². The number of aliphatic hydroxyl groups excluding tert-OH is 1. The van der Waals surface area contributed by atoms with Gasteiger partial charge in [0.1, 0.15) is 6.04 Å². The Morgan fingerprint density at radius 2 is 1.88 bits per heavy atom. The molecule has 1 N–H and O–H groups in total. The number of hydrogen-bond acceptors (Lipinski definition) is 6. The fourth-order valence-electron chi connectivity index (χ4n) is 7.24. The number of benzene rings is 2. The molecular formula is C34H39ClN2O5S. The summed E-state index contributed by atoms with van der Waals surface area (Å²) in [5.41, 5.74) is 1.57. The van der Waals surface area contributed by atoms with Crippen LogP contribution in [0.25, 0.3) is 0 Å². The molecule has 3 heterocycles. The Kier molecular flexibility index (Phi) is 9.40. The van der Waals surface area contributed by atoms with Crippen LogP contribution in [0.15, 0.2) is 79.9 Å². The molecule has 0 radical (unpaired) electrons. The van der Waals surface area contributed by atoms with Gasteiger partial charge < -0.3 is 19.6 Å². The van der Waals surface area contributed by atoms with E-state index in [2.05, 4.69) is 13.2 Å². The minimum absolute atomic E-state index is 0.221. The van der Waals surface area contributed by atoms with Crippen LogP contribution in [0.1, 0.15) is 38.2 Å². The maximum Gasteiger partial charge on any atom is 0.311 e. The Bertz CT molecular complexity index is 1370. The third-order valence-electron chi connectivity index (χ3n) is 9.13. The molecule has 3 aliphatic rings. The standard InChI is InChI=1S/C34H39ClN2O5S/c1-4-6-10-20-42-32(41)28-27-30(39)37(26(22-38)21-23-11-8-7-9-12-23)29(34(27)18-17-33(28,3)43-34)31(40)36(19-5-2)25-15-13-24(35)14-16-25/h4-5,7-9,11-16,26-29,38H,1-2,6,10,17-22H2,3H3/t26-,27+,28+,29?,33-,34?/m1/s1. The van der Waals surface area contributed by atoms with E-state index in [1.165, 1.54) is 0 Å². The number of thioether (sulfide) groups is 1. The third-order valence-corrected chi connectivity index (χ3v) is 11.4. The molecule has 7 nitrogen and oxygen atoms in total. The van der Waals surface area contributed by atoms with Crippen molar-refractivity contribution < 1.29 is 24.2 Å². The smallest absolute Gasteiger partial charge is 0.311 e. The van der Waals surface area contributed by atoms with E-state index in [1.54, 1.807) is 58.0 Å². The van der Waals surface area contributed by atoms with Crippen molar-refractivity contribution in [2.45, 2.75) is 60.6 Å². The Morgan fingerprint density at radius 1 is 1.16 bits per heavy atom. The molecule has 5 rings (SSSR count). The van der Waals surface area contributed by atoms with Gasteiger partial charge in [0.05, 0.1) is 35.8 Å². The van der Waals surface area contributed by atoms with Crippen molar-refractivity contribution in [3.63, 3.8) is 0 Å². The summed E-state index contributed by atoms with van der Waals surface area (Å²) in [6.45, 7) is 9.77. The molecule has 3 aliphatic heterocycles. The van der Waals surface area contributed by atoms with Crippen LogP contribution in [0.5, 0.6) is 0 Å². The molecule has 43 heavy (non-hydrogen) atoms. The molecular weight excluding hydrogens is 584 g/mol. The lowest BCUT2D eigenvalue weighted by Crippen LogP contribution is -2.58. The summed E-state index contributed by atoms with van der Waals surface area (Å²) in [6.07, 6.45) is 6.47. The van der Waals surface area contributed by atoms with Gasteiger partial charge in [-0.05, 0) is 68.9 Å². The molecule has 228 valence electrons. The normalized spacial score (nSPS) is 27.9. The van der Waals surface area contributed by atoms with Crippen molar-refractivity contribution in [3.05, 3.63) is 90.5 Å². The van der Waals surface area contributed by atoms with E-state index < -0.39 is 39.4 Å². The second-order valence-electron chi connectivity index (χ2n) is 11.8. The fraction of sp³-hybridized carbons (Fsp3) is 0.441. The van der Waals surface area contributed by atoms with E-state index in [1.807, 2.05) is 37.3 Å². The number of likely N-dealkylation sites (tertiary alicyclic amines) is 1. The summed E-state index contributed by atoms with van der Waals surface area (Å²) in [6, 6.07) is 15.1. The number of halogens is 1. The number of allylic oxidation sites excluding steroid dienone is 1. The summed E-state index contributed by atoms with van der Waals surface area (Å²) in [7, 11) is 0. The maximum atomic E-state index is 14.8. The number of aliphatic hydroxyl groups is 1. The van der Waals surface area contributed by atoms with E-state index in [9.17, 15) is 19.5 Å². The van der Waals surface area contributed by atoms with Crippen LogP contribution in [-0.4, -0.2) is 69.1 Å². The average Bonchev–Trinajstić information content (AvgIpc) is 3.58. The zero-order valence-corrected chi connectivity index (χ0v) is 26.1. The topological polar surface area (TPSA) is 87.1 Å². The molecule has 0 saturated carbocycles. The minimum atomic E-state index is -0.896. The summed E-state index contributed by atoms with van der Waals surface area (Å²) in [5.74, 6) is -2.36. The molecule has 9 heteroatoms. The quantitative estimate of drug-likeness (QED) is 0.182. The van der Waals surface area contributed by atoms with Crippen LogP contribution in [0, 0.1) is 11.8 Å². The van der Waals surface area contributed by atoms with Crippen LogP contribution in [0.3, 0.4) is 0 Å². The Hall–Kier alpha value is -3.07. The number of anilines is 1. The van der Waals surface area contributed by atoms with Gasteiger partial charge in [-0.15, -0.1) is 24.9 Å². The molecule has 2 unspecified atom stereocenters. The first-order chi connectivity index (χ1) is 20.7. The number of nitrogens with zero attached hydrogens (tertiary/aromatic N) is 2. The maximum absolute atomic E-state index is 14.8. The predicted molar refractivity (Wildman–Crippen MR) is 171 cm³/mol. The van der Waals surface area contributed by atoms with Crippen molar-refractivity contribution in [2.24, 2.45) is 11.8 Å². The highest BCUT2D eigenvalue weighted by Crippen LogP contribution is 2.72. The molecule has 1 spiro atoms. The zero-order chi connectivity index (χ0) is 30.8. The number of fused-ring (bicyclic) bond motifs is 1. The van der Waals surface area contributed by atoms with E-state index in [4.69, 9.17) is 16.3 Å². The number of carbonyl (C=O) groups excluding carboxylic acids is 3. The first-order valence-corrected chi connectivity index (χ1v) is 16.0. The van der Waals surface area contributed by atoms with E-state index in [0.29, 0.717) is 36.4 Å². The number of hydrogen-bond donors (Lipinski definition) is 1. The lowest BCUT2D eigenvalue weighted by molar-refractivity contribution is -0.156. The predicted octanol–water partition coefficient (Wildman–Crippen LogP) is 5.45. The van der Waals surface area contributed by atoms with Crippen molar-refractivity contribution in [1.29, 1.82) is 0 Å². The summed E-state index contributed by atoms with van der Waals surface area (Å²) in [4.78, 5) is 46.4. The number of ether oxygens (including phenoxy) is 1. The van der Waals surface area contributed by atoms with Crippen molar-refractivity contribution >= 4 is 46.8 Å². The Morgan fingerprint density at radius 3 is 2.53 bits per heavy atom. The second-order valence-corrected chi connectivity index (χ2v) is 14.1. The molecule has 0 aliphatic carbocycles. The van der Waals surface area contributed by atoms with E-state index >= 15 is 0 Å². The highest BCUT2D eigenvalue weighted by Gasteiger charge is 2.78. The van der Waals surface area contributed by atoms with Gasteiger partial charge in [-0.2, -0.15) is 0 Å². The molecule has 2 bridgehead atoms. The van der Waals surface area contributed by atoms with Gasteiger partial charge in [0, 0.05) is 22.0 Å². The van der Waals surface area contributed by atoms with Gasteiger partial charge in [-0.25, -0.2) is 0 Å². The highest BCUT2D eigenvalue weighted by atomic mass is 35.5. The first kappa shape index (κ1) is 31.4. The Balaban J connectivity index is 1.58. The van der Waals surface area contributed by atoms with E-state index in [0.717, 1.165) is 12.0 Å². The molecule has 6 atom stereocenters. The SMILES string of the molecule is C=CCCCOC(=O)[C@@H]1[C@H]2C(=O)N([C@@H](CO)Cc3ccccc3)C(C(=O)N(CC=C)c3ccc(Cl)cc3)C23CC[C@@]1(C)S3. The van der Waals surface area contributed by atoms with Crippen LogP contribution in [0.2, 0.25) is 5.02 Å². The van der Waals surface area contributed by atoms with Gasteiger partial charge in [-0.3, -0.25) is 14.4 Å². The van der Waals surface area contributed by atoms with Gasteiger partial charge in [0.25, 0.3) is 5.91 Å². The fourth-order valence-corrected chi connectivity index (χ4v) is 9.69. The van der Waals surface area contributed by atoms with Crippen LogP contribution in [-0.2, 0) is 25.5 Å². The molecule has 2 aromatic rings. The molecule has 3 saturated heterocycles.